The van der Waals surface area contributed by atoms with Crippen LogP contribution in [-0.2, 0) is 11.3 Å². The van der Waals surface area contributed by atoms with Crippen molar-refractivity contribution < 1.29 is 19.0 Å². The van der Waals surface area contributed by atoms with Crippen LogP contribution >= 0.6 is 11.6 Å². The van der Waals surface area contributed by atoms with Crippen LogP contribution in [-0.4, -0.2) is 33.3 Å². The number of ether oxygens (including phenoxy) is 3. The Balaban J connectivity index is 1.72. The monoisotopic (exact) mass is 378 g/mol. The van der Waals surface area contributed by atoms with Crippen LogP contribution < -0.4 is 20.5 Å². The molecule has 0 heterocycles. The van der Waals surface area contributed by atoms with Gasteiger partial charge in [-0.1, -0.05) is 23.7 Å². The third kappa shape index (κ3) is 5.54. The molecule has 2 rings (SSSR count). The molecule has 0 fully saturated rings. The lowest BCUT2D eigenvalue weighted by Gasteiger charge is -2.11. The van der Waals surface area contributed by atoms with Gasteiger partial charge in [0.1, 0.15) is 11.5 Å². The number of nitrogens with two attached hydrogens (primary N) is 1. The Morgan fingerprint density at radius 3 is 2.54 bits per heavy atom. The molecule has 0 bridgehead atoms. The van der Waals surface area contributed by atoms with Gasteiger partial charge in [0.25, 0.3) is 5.91 Å². The van der Waals surface area contributed by atoms with Crippen molar-refractivity contribution in [3.8, 4) is 11.5 Å². The number of anilines is 1. The summed E-state index contributed by atoms with van der Waals surface area (Å²) in [6, 6.07) is 10.7. The lowest BCUT2D eigenvalue weighted by atomic mass is 10.1. The fraction of sp³-hybridized carbons (Fsp3) is 0.316. The average molecular weight is 379 g/mol. The molecular formula is C19H23ClN2O4. The van der Waals surface area contributed by atoms with E-state index in [2.05, 4.69) is 5.32 Å². The summed E-state index contributed by atoms with van der Waals surface area (Å²) in [4.78, 5) is 12.3. The van der Waals surface area contributed by atoms with Crippen LogP contribution in [0.1, 0.15) is 22.3 Å². The summed E-state index contributed by atoms with van der Waals surface area (Å²) in [5, 5.41) is 3.14. The SMILES string of the molecule is COc1ccc(COCCCNC(=O)c2cc(Cl)c(N)cc2OC)cc1. The number of nitrogen functional groups attached to an aromatic ring is 1. The number of hydrogen-bond donors (Lipinski definition) is 2. The molecule has 3 N–H and O–H groups in total. The highest BCUT2D eigenvalue weighted by atomic mass is 35.5. The Labute approximate surface area is 158 Å². The van der Waals surface area contributed by atoms with Gasteiger partial charge in [0.15, 0.2) is 0 Å². The first-order valence-corrected chi connectivity index (χ1v) is 8.55. The van der Waals surface area contributed by atoms with Gasteiger partial charge < -0.3 is 25.3 Å². The smallest absolute Gasteiger partial charge is 0.255 e. The normalized spacial score (nSPS) is 10.4. The Bertz CT molecular complexity index is 735. The van der Waals surface area contributed by atoms with Gasteiger partial charge in [-0.15, -0.1) is 0 Å². The predicted octanol–water partition coefficient (Wildman–Crippen LogP) is 3.28. The van der Waals surface area contributed by atoms with Crippen LogP contribution in [0.2, 0.25) is 5.02 Å². The van der Waals surface area contributed by atoms with E-state index in [0.717, 1.165) is 11.3 Å². The molecule has 0 aliphatic heterocycles. The van der Waals surface area contributed by atoms with Crippen molar-refractivity contribution >= 4 is 23.2 Å². The van der Waals surface area contributed by atoms with Gasteiger partial charge in [0.05, 0.1) is 37.1 Å². The molecule has 0 saturated heterocycles. The molecule has 0 unspecified atom stereocenters. The standard InChI is InChI=1S/C19H23ClN2O4/c1-24-14-6-4-13(5-7-14)12-26-9-3-8-22-19(23)15-10-16(20)17(21)11-18(15)25-2/h4-7,10-11H,3,8-9,12,21H2,1-2H3,(H,22,23). The summed E-state index contributed by atoms with van der Waals surface area (Å²) in [6.45, 7) is 1.53. The molecule has 0 aliphatic carbocycles. The molecule has 7 heteroatoms. The van der Waals surface area contributed by atoms with E-state index < -0.39 is 0 Å². The van der Waals surface area contributed by atoms with Gasteiger partial charge in [0, 0.05) is 19.2 Å². The van der Waals surface area contributed by atoms with Crippen LogP contribution in [0.15, 0.2) is 36.4 Å². The number of hydrogen-bond acceptors (Lipinski definition) is 5. The fourth-order valence-electron chi connectivity index (χ4n) is 2.30. The van der Waals surface area contributed by atoms with Crippen LogP contribution in [0.5, 0.6) is 11.5 Å². The number of carbonyl (C=O) groups excluding carboxylic acids is 1. The molecule has 140 valence electrons. The molecule has 0 aromatic heterocycles. The Hall–Kier alpha value is -2.44. The Morgan fingerprint density at radius 2 is 1.88 bits per heavy atom. The maximum absolute atomic E-state index is 12.3. The van der Waals surface area contributed by atoms with E-state index in [0.29, 0.717) is 48.2 Å². The second kappa shape index (κ2) is 9.89. The van der Waals surface area contributed by atoms with E-state index in [1.807, 2.05) is 24.3 Å². The second-order valence-corrected chi connectivity index (χ2v) is 5.99. The molecular weight excluding hydrogens is 356 g/mol. The van der Waals surface area contributed by atoms with Crippen LogP contribution in [0.25, 0.3) is 0 Å². The van der Waals surface area contributed by atoms with Crippen molar-refractivity contribution in [1.82, 2.24) is 5.32 Å². The van der Waals surface area contributed by atoms with E-state index in [-0.39, 0.29) is 5.91 Å². The molecule has 0 radical (unpaired) electrons. The minimum atomic E-state index is -0.265. The molecule has 0 atom stereocenters. The van der Waals surface area contributed by atoms with E-state index in [1.54, 1.807) is 7.11 Å². The quantitative estimate of drug-likeness (QED) is 0.517. The topological polar surface area (TPSA) is 82.8 Å². The van der Waals surface area contributed by atoms with Crippen LogP contribution in [0.3, 0.4) is 0 Å². The van der Waals surface area contributed by atoms with Crippen molar-refractivity contribution in [3.63, 3.8) is 0 Å². The van der Waals surface area contributed by atoms with Gasteiger partial charge in [0.2, 0.25) is 0 Å². The molecule has 0 spiro atoms. The predicted molar refractivity (Wildman–Crippen MR) is 102 cm³/mol. The molecule has 2 aromatic carbocycles. The van der Waals surface area contributed by atoms with Crippen molar-refractivity contribution in [3.05, 3.63) is 52.5 Å². The van der Waals surface area contributed by atoms with E-state index in [1.165, 1.54) is 19.2 Å². The average Bonchev–Trinajstić information content (AvgIpc) is 2.66. The van der Waals surface area contributed by atoms with Gasteiger partial charge >= 0.3 is 0 Å². The van der Waals surface area contributed by atoms with E-state index >= 15 is 0 Å². The molecule has 0 aliphatic rings. The number of amides is 1. The molecule has 1 amide bonds. The van der Waals surface area contributed by atoms with Gasteiger partial charge in [-0.2, -0.15) is 0 Å². The third-order valence-corrected chi connectivity index (χ3v) is 4.07. The fourth-order valence-corrected chi connectivity index (χ4v) is 2.46. The zero-order valence-corrected chi connectivity index (χ0v) is 15.6. The summed E-state index contributed by atoms with van der Waals surface area (Å²) in [5.74, 6) is 0.939. The Morgan fingerprint density at radius 1 is 1.15 bits per heavy atom. The van der Waals surface area contributed by atoms with Crippen molar-refractivity contribution in [2.45, 2.75) is 13.0 Å². The number of methoxy groups -OCH3 is 2. The zero-order chi connectivity index (χ0) is 18.9. The highest BCUT2D eigenvalue weighted by molar-refractivity contribution is 6.33. The first kappa shape index (κ1) is 19.9. The number of benzene rings is 2. The largest absolute Gasteiger partial charge is 0.497 e. The zero-order valence-electron chi connectivity index (χ0n) is 14.9. The number of halogens is 1. The van der Waals surface area contributed by atoms with E-state index in [9.17, 15) is 4.79 Å². The van der Waals surface area contributed by atoms with Gasteiger partial charge in [-0.25, -0.2) is 0 Å². The molecule has 0 saturated carbocycles. The number of carbonyl (C=O) groups is 1. The summed E-state index contributed by atoms with van der Waals surface area (Å²) in [5.41, 5.74) is 7.50. The van der Waals surface area contributed by atoms with Gasteiger partial charge in [-0.3, -0.25) is 4.79 Å². The maximum Gasteiger partial charge on any atom is 0.255 e. The maximum atomic E-state index is 12.3. The summed E-state index contributed by atoms with van der Waals surface area (Å²) >= 11 is 5.98. The van der Waals surface area contributed by atoms with Crippen molar-refractivity contribution in [2.24, 2.45) is 0 Å². The highest BCUT2D eigenvalue weighted by Gasteiger charge is 2.14. The molecule has 6 nitrogen and oxygen atoms in total. The second-order valence-electron chi connectivity index (χ2n) is 5.58. The van der Waals surface area contributed by atoms with Crippen molar-refractivity contribution in [1.29, 1.82) is 0 Å². The molecule has 2 aromatic rings. The summed E-state index contributed by atoms with van der Waals surface area (Å²) in [6.07, 6.45) is 0.687. The minimum Gasteiger partial charge on any atom is -0.497 e. The van der Waals surface area contributed by atoms with Gasteiger partial charge in [-0.05, 0) is 30.2 Å². The highest BCUT2D eigenvalue weighted by Crippen LogP contribution is 2.28. The third-order valence-electron chi connectivity index (χ3n) is 3.74. The summed E-state index contributed by atoms with van der Waals surface area (Å²) in [7, 11) is 3.11. The van der Waals surface area contributed by atoms with Crippen LogP contribution in [0, 0.1) is 0 Å². The Kier molecular flexibility index (Phi) is 7.56. The lowest BCUT2D eigenvalue weighted by Crippen LogP contribution is -2.25. The minimum absolute atomic E-state index is 0.265. The molecule has 26 heavy (non-hydrogen) atoms. The van der Waals surface area contributed by atoms with E-state index in [4.69, 9.17) is 31.5 Å². The number of nitrogens with one attached hydrogen (secondary N) is 1. The van der Waals surface area contributed by atoms with Crippen LogP contribution in [0.4, 0.5) is 5.69 Å². The van der Waals surface area contributed by atoms with Crippen molar-refractivity contribution in [2.75, 3.05) is 33.1 Å². The lowest BCUT2D eigenvalue weighted by molar-refractivity contribution is 0.0931. The summed E-state index contributed by atoms with van der Waals surface area (Å²) < 4.78 is 15.9. The first-order chi connectivity index (χ1) is 12.5. The number of rotatable bonds is 9. The first-order valence-electron chi connectivity index (χ1n) is 8.17.